The van der Waals surface area contributed by atoms with Gasteiger partial charge in [0.05, 0.1) is 6.35 Å². The summed E-state index contributed by atoms with van der Waals surface area (Å²) in [5.41, 5.74) is -1.34. The molecule has 0 aromatic carbocycles. The van der Waals surface area contributed by atoms with Crippen LogP contribution in [0.3, 0.4) is 0 Å². The summed E-state index contributed by atoms with van der Waals surface area (Å²) in [5.74, 6) is 0. The molecule has 0 saturated heterocycles. The fourth-order valence-electron chi connectivity index (χ4n) is 0.0605. The van der Waals surface area contributed by atoms with Gasteiger partial charge in [0, 0.05) is 0 Å². The Hall–Kier alpha value is -0.180. The van der Waals surface area contributed by atoms with Crippen molar-refractivity contribution in [2.75, 3.05) is 6.35 Å². The molecule has 42 valence electrons. The van der Waals surface area contributed by atoms with E-state index < -0.39 is 20.2 Å². The van der Waals surface area contributed by atoms with E-state index in [1.807, 2.05) is 0 Å². The molecule has 1 unspecified atom stereocenters. The van der Waals surface area contributed by atoms with Gasteiger partial charge in [-0.15, -0.1) is 0 Å². The fraction of sp³-hybridized carbons (Fsp3) is 0.500. The molecule has 1 atom stereocenters. The molecule has 0 aromatic rings. The Morgan fingerprint density at radius 3 is 2.14 bits per heavy atom. The lowest BCUT2D eigenvalue weighted by Gasteiger charge is -1.94. The van der Waals surface area contributed by atoms with Crippen molar-refractivity contribution in [1.29, 1.82) is 0 Å². The highest BCUT2D eigenvalue weighted by molar-refractivity contribution is 7.68. The average molecular weight is 124 g/mol. The van der Waals surface area contributed by atoms with Gasteiger partial charge in [-0.1, -0.05) is 0 Å². The molecule has 0 spiro atoms. The summed E-state index contributed by atoms with van der Waals surface area (Å²) in [6.45, 7) is 0. The summed E-state index contributed by atoms with van der Waals surface area (Å²) < 4.78 is 0. The molecule has 3 N–H and O–H groups in total. The third-order valence-corrected chi connectivity index (χ3v) is 1.06. The van der Waals surface area contributed by atoms with E-state index >= 15 is 0 Å². The largest absolute Gasteiger partial charge is 0.476 e. The van der Waals surface area contributed by atoms with Crippen LogP contribution in [-0.2, 0) is 0 Å². The first-order chi connectivity index (χ1) is 3.18. The smallest absolute Gasteiger partial charge is 0.353 e. The molecule has 5 heteroatoms. The molecule has 7 heavy (non-hydrogen) atoms. The highest BCUT2D eigenvalue weighted by atomic mass is 31.1. The third kappa shape index (κ3) is 2.51. The Bertz CT molecular complexity index is 72.1. The lowest BCUT2D eigenvalue weighted by Crippen LogP contribution is -1.91. The van der Waals surface area contributed by atoms with Crippen molar-refractivity contribution in [2.24, 2.45) is 0 Å². The molecule has 4 nitrogen and oxygen atoms in total. The quantitative estimate of drug-likeness (QED) is 0.453. The first kappa shape index (κ1) is 6.82. The second-order valence-corrected chi connectivity index (χ2v) is 2.29. The maximum atomic E-state index is 9.55. The second kappa shape index (κ2) is 2.91. The van der Waals surface area contributed by atoms with Crippen molar-refractivity contribution in [3.63, 3.8) is 0 Å². The zero-order chi connectivity index (χ0) is 5.86. The Morgan fingerprint density at radius 2 is 2.14 bits per heavy atom. The maximum absolute atomic E-state index is 9.55. The molecule has 0 aliphatic carbocycles. The second-order valence-electron chi connectivity index (χ2n) is 0.824. The Kier molecular flexibility index (Phi) is 2.83. The zero-order valence-corrected chi connectivity index (χ0v) is 4.30. The van der Waals surface area contributed by atoms with Gasteiger partial charge in [-0.3, -0.25) is 0 Å². The van der Waals surface area contributed by atoms with E-state index in [1.54, 1.807) is 0 Å². The molecule has 0 bridgehead atoms. The van der Waals surface area contributed by atoms with Crippen molar-refractivity contribution in [3.8, 4) is 0 Å². The van der Waals surface area contributed by atoms with Crippen molar-refractivity contribution in [2.45, 2.75) is 0 Å². The van der Waals surface area contributed by atoms with E-state index in [-0.39, 0.29) is 0 Å². The number of hydrogen-bond acceptors (Lipinski definition) is 3. The molecule has 0 radical (unpaired) electrons. The van der Waals surface area contributed by atoms with Gasteiger partial charge in [0.25, 0.3) is 0 Å². The fourth-order valence-corrected chi connectivity index (χ4v) is 0.181. The van der Waals surface area contributed by atoms with Gasteiger partial charge in [-0.2, -0.15) is 0 Å². The predicted octanol–water partition coefficient (Wildman–Crippen LogP) is 0.00340. The van der Waals surface area contributed by atoms with E-state index in [9.17, 15) is 4.79 Å². The first-order valence-electron chi connectivity index (χ1n) is 1.48. The van der Waals surface area contributed by atoms with Gasteiger partial charge < -0.3 is 15.1 Å². The summed E-state index contributed by atoms with van der Waals surface area (Å²) >= 11 is 0. The van der Waals surface area contributed by atoms with E-state index in [4.69, 9.17) is 15.1 Å². The van der Waals surface area contributed by atoms with E-state index in [1.165, 1.54) is 0 Å². The minimum atomic E-state index is -2.17. The Morgan fingerprint density at radius 1 is 1.71 bits per heavy atom. The molecule has 0 aliphatic rings. The SMILES string of the molecule is O=C(O)P(O)CO. The average Bonchev–Trinajstić information content (AvgIpc) is 1.65. The molecular weight excluding hydrogens is 119 g/mol. The van der Waals surface area contributed by atoms with Crippen molar-refractivity contribution in [3.05, 3.63) is 0 Å². The summed E-state index contributed by atoms with van der Waals surface area (Å²) in [6, 6.07) is 0. The van der Waals surface area contributed by atoms with Gasteiger partial charge >= 0.3 is 5.71 Å². The maximum Gasteiger partial charge on any atom is 0.353 e. The van der Waals surface area contributed by atoms with Crippen LogP contribution in [0.4, 0.5) is 4.79 Å². The van der Waals surface area contributed by atoms with Crippen LogP contribution < -0.4 is 0 Å². The summed E-state index contributed by atoms with van der Waals surface area (Å²) in [4.78, 5) is 17.7. The molecule has 0 amide bonds. The van der Waals surface area contributed by atoms with Crippen LogP contribution in [0.5, 0.6) is 0 Å². The third-order valence-electron chi connectivity index (χ3n) is 0.355. The number of carboxylic acid groups (broad SMARTS) is 1. The van der Waals surface area contributed by atoms with Crippen LogP contribution in [0.25, 0.3) is 0 Å². The standard InChI is InChI=1S/C2H5O4P/c3-1-7(6)2(4)5/h3,6H,1H2,(H,4,5). The molecule has 0 heterocycles. The van der Waals surface area contributed by atoms with Gasteiger partial charge in [-0.25, -0.2) is 4.79 Å². The summed E-state index contributed by atoms with van der Waals surface area (Å²) in [5, 5.41) is 15.7. The predicted molar refractivity (Wildman–Crippen MR) is 24.2 cm³/mol. The van der Waals surface area contributed by atoms with Gasteiger partial charge in [0.2, 0.25) is 0 Å². The summed E-state index contributed by atoms with van der Waals surface area (Å²) in [6.07, 6.45) is -0.662. The first-order valence-corrected chi connectivity index (χ1v) is 2.96. The van der Waals surface area contributed by atoms with E-state index in [2.05, 4.69) is 0 Å². The minimum Gasteiger partial charge on any atom is -0.476 e. The normalized spacial score (nSPS) is 13.4. The van der Waals surface area contributed by atoms with Gasteiger partial charge in [0.15, 0.2) is 8.15 Å². The van der Waals surface area contributed by atoms with Crippen LogP contribution in [0.15, 0.2) is 0 Å². The lowest BCUT2D eigenvalue weighted by atomic mass is 11.6. The van der Waals surface area contributed by atoms with Crippen LogP contribution in [0, 0.1) is 0 Å². The van der Waals surface area contributed by atoms with Crippen LogP contribution in [0.1, 0.15) is 0 Å². The van der Waals surface area contributed by atoms with Crippen molar-refractivity contribution < 1.29 is 19.9 Å². The Balaban J connectivity index is 3.34. The topological polar surface area (TPSA) is 77.8 Å². The number of aliphatic hydroxyl groups is 1. The van der Waals surface area contributed by atoms with Crippen molar-refractivity contribution in [1.82, 2.24) is 0 Å². The van der Waals surface area contributed by atoms with Crippen molar-refractivity contribution >= 4 is 13.9 Å². The van der Waals surface area contributed by atoms with Gasteiger partial charge in [-0.05, 0) is 0 Å². The molecule has 0 aromatic heterocycles. The number of carbonyl (C=O) groups is 1. The monoisotopic (exact) mass is 124 g/mol. The Labute approximate surface area is 41.2 Å². The number of hydrogen-bond donors (Lipinski definition) is 3. The molecular formula is C2H5O4P. The lowest BCUT2D eigenvalue weighted by molar-refractivity contribution is 0.217. The van der Waals surface area contributed by atoms with Crippen LogP contribution in [-0.4, -0.2) is 27.2 Å². The minimum absolute atomic E-state index is 0.662. The van der Waals surface area contributed by atoms with E-state index in [0.717, 1.165) is 0 Å². The van der Waals surface area contributed by atoms with Crippen LogP contribution >= 0.6 is 8.15 Å². The molecule has 0 saturated carbocycles. The molecule has 0 rings (SSSR count). The number of aliphatic hydroxyl groups excluding tert-OH is 1. The molecule has 0 aliphatic heterocycles. The zero-order valence-electron chi connectivity index (χ0n) is 3.40. The van der Waals surface area contributed by atoms with E-state index in [0.29, 0.717) is 0 Å². The highest BCUT2D eigenvalue weighted by Gasteiger charge is 2.09. The molecule has 0 fully saturated rings. The van der Waals surface area contributed by atoms with Crippen LogP contribution in [0.2, 0.25) is 0 Å². The summed E-state index contributed by atoms with van der Waals surface area (Å²) in [7, 11) is -2.17. The number of rotatable bonds is 2. The highest BCUT2D eigenvalue weighted by Crippen LogP contribution is 2.27. The van der Waals surface area contributed by atoms with Gasteiger partial charge in [0.1, 0.15) is 0 Å².